The Hall–Kier alpha value is -5.82. The molecular weight excluding hydrogens is 657 g/mol. The number of hydrogen-bond acceptors (Lipinski definition) is 4. The van der Waals surface area contributed by atoms with E-state index in [0.29, 0.717) is 22.3 Å². The minimum atomic E-state index is -1.66. The summed E-state index contributed by atoms with van der Waals surface area (Å²) in [5.41, 5.74) is -0.710. The van der Waals surface area contributed by atoms with E-state index < -0.39 is 40.5 Å². The van der Waals surface area contributed by atoms with Crippen LogP contribution >= 0.6 is 0 Å². The molecule has 0 aliphatic heterocycles. The van der Waals surface area contributed by atoms with Crippen molar-refractivity contribution in [3.8, 4) is 0 Å². The molecule has 0 spiro atoms. The third kappa shape index (κ3) is 8.00. The van der Waals surface area contributed by atoms with Gasteiger partial charge in [-0.25, -0.2) is 0 Å². The normalized spacial score (nSPS) is 13.1. The summed E-state index contributed by atoms with van der Waals surface area (Å²) in [5, 5.41) is 32.0. The van der Waals surface area contributed by atoms with Crippen LogP contribution in [0.25, 0.3) is 0 Å². The molecule has 6 heteroatoms. The van der Waals surface area contributed by atoms with Crippen LogP contribution in [0.3, 0.4) is 0 Å². The topological polar surface area (TPSA) is 98.7 Å². The van der Waals surface area contributed by atoms with Crippen LogP contribution < -0.4 is 10.6 Å². The van der Waals surface area contributed by atoms with Gasteiger partial charge >= 0.3 is 0 Å². The third-order valence-electron chi connectivity index (χ3n) is 10.2. The quantitative estimate of drug-likeness (QED) is 0.0894. The number of nitrogens with one attached hydrogen (secondary N) is 2. The van der Waals surface area contributed by atoms with Crippen molar-refractivity contribution in [2.75, 3.05) is 0 Å². The van der Waals surface area contributed by atoms with Gasteiger partial charge in [-0.15, -0.1) is 0 Å². The number of benzene rings is 6. The summed E-state index contributed by atoms with van der Waals surface area (Å²) in [6.45, 7) is 3.15. The van der Waals surface area contributed by atoms with Crippen molar-refractivity contribution >= 4 is 11.8 Å². The summed E-state index contributed by atoms with van der Waals surface area (Å²) in [6.07, 6.45) is 0.561. The maximum absolute atomic E-state index is 14.6. The average molecular weight is 703 g/mol. The second kappa shape index (κ2) is 16.2. The Balaban J connectivity index is 1.38. The van der Waals surface area contributed by atoms with Gasteiger partial charge in [-0.05, 0) is 60.1 Å². The van der Waals surface area contributed by atoms with E-state index in [4.69, 9.17) is 0 Å². The van der Waals surface area contributed by atoms with Crippen LogP contribution in [0.2, 0.25) is 0 Å². The molecule has 53 heavy (non-hydrogen) atoms. The molecule has 0 unspecified atom stereocenters. The van der Waals surface area contributed by atoms with Crippen molar-refractivity contribution in [2.45, 2.75) is 50.0 Å². The van der Waals surface area contributed by atoms with Crippen LogP contribution in [0.15, 0.2) is 182 Å². The predicted molar refractivity (Wildman–Crippen MR) is 210 cm³/mol. The van der Waals surface area contributed by atoms with Crippen molar-refractivity contribution in [3.63, 3.8) is 0 Å². The van der Waals surface area contributed by atoms with Crippen molar-refractivity contribution in [1.82, 2.24) is 10.6 Å². The highest BCUT2D eigenvalue weighted by atomic mass is 16.3. The van der Waals surface area contributed by atoms with Gasteiger partial charge in [-0.1, -0.05) is 182 Å². The molecule has 0 heterocycles. The van der Waals surface area contributed by atoms with Crippen LogP contribution in [-0.2, 0) is 33.6 Å². The Morgan fingerprint density at radius 2 is 0.660 bits per heavy atom. The van der Waals surface area contributed by atoms with Crippen LogP contribution in [0.1, 0.15) is 47.2 Å². The highest BCUT2D eigenvalue weighted by Gasteiger charge is 2.47. The largest absolute Gasteiger partial charge is 0.378 e. The molecular formula is C47H46N2O4. The number of carbonyl (C=O) groups excluding carboxylic acids is 2. The molecule has 268 valence electrons. The molecule has 0 saturated heterocycles. The van der Waals surface area contributed by atoms with Crippen LogP contribution in [0, 0.1) is 5.41 Å². The fourth-order valence-electron chi connectivity index (χ4n) is 6.99. The molecule has 0 saturated carbocycles. The first-order chi connectivity index (χ1) is 25.6. The van der Waals surface area contributed by atoms with Gasteiger partial charge in [0, 0.05) is 0 Å². The lowest BCUT2D eigenvalue weighted by molar-refractivity contribution is -0.144. The maximum Gasteiger partial charge on any atom is 0.235 e. The molecule has 0 aliphatic carbocycles. The number of amides is 2. The Morgan fingerprint density at radius 1 is 0.434 bits per heavy atom. The summed E-state index contributed by atoms with van der Waals surface area (Å²) in [7, 11) is 0. The second-order valence-corrected chi connectivity index (χ2v) is 14.1. The second-order valence-electron chi connectivity index (χ2n) is 14.1. The smallest absolute Gasteiger partial charge is 0.235 e. The summed E-state index contributed by atoms with van der Waals surface area (Å²) >= 11 is 0. The highest BCUT2D eigenvalue weighted by molar-refractivity contribution is 6.04. The molecule has 0 radical (unpaired) electrons. The molecule has 2 amide bonds. The number of aliphatic hydroxyl groups is 2. The fraction of sp³-hybridized carbons (Fsp3) is 0.191. The lowest BCUT2D eigenvalue weighted by Gasteiger charge is -2.41. The highest BCUT2D eigenvalue weighted by Crippen LogP contribution is 2.37. The molecule has 6 nitrogen and oxygen atoms in total. The first-order valence-electron chi connectivity index (χ1n) is 18.0. The minimum Gasteiger partial charge on any atom is -0.378 e. The van der Waals surface area contributed by atoms with E-state index in [1.165, 1.54) is 0 Å². The molecule has 0 fully saturated rings. The van der Waals surface area contributed by atoms with Crippen LogP contribution in [0.5, 0.6) is 0 Å². The Labute approximate surface area is 312 Å². The molecule has 6 aromatic carbocycles. The van der Waals surface area contributed by atoms with E-state index in [9.17, 15) is 19.8 Å². The molecule has 6 rings (SSSR count). The Kier molecular flexibility index (Phi) is 11.3. The minimum absolute atomic E-state index is 0.281. The van der Waals surface area contributed by atoms with Crippen molar-refractivity contribution in [3.05, 3.63) is 215 Å². The Morgan fingerprint density at radius 3 is 0.906 bits per heavy atom. The zero-order chi connectivity index (χ0) is 37.3. The lowest BCUT2D eigenvalue weighted by atomic mass is 9.76. The van der Waals surface area contributed by atoms with Crippen molar-refractivity contribution in [2.24, 2.45) is 5.41 Å². The lowest BCUT2D eigenvalue weighted by Crippen LogP contribution is -2.60. The average Bonchev–Trinajstić information content (AvgIpc) is 3.21. The van der Waals surface area contributed by atoms with Gasteiger partial charge in [0.25, 0.3) is 0 Å². The van der Waals surface area contributed by atoms with Crippen LogP contribution in [-0.4, -0.2) is 34.1 Å². The van der Waals surface area contributed by atoms with Gasteiger partial charge in [0.2, 0.25) is 11.8 Å². The van der Waals surface area contributed by atoms with Gasteiger partial charge in [-0.3, -0.25) is 9.59 Å². The number of rotatable bonds is 14. The van der Waals surface area contributed by atoms with Gasteiger partial charge < -0.3 is 20.8 Å². The summed E-state index contributed by atoms with van der Waals surface area (Å²) in [5.74, 6) is -1.13. The molecule has 6 aromatic rings. The van der Waals surface area contributed by atoms with E-state index in [0.717, 1.165) is 11.1 Å². The maximum atomic E-state index is 14.6. The monoisotopic (exact) mass is 702 g/mol. The Bertz CT molecular complexity index is 1830. The summed E-state index contributed by atoms with van der Waals surface area (Å²) in [6, 6.07) is 54.7. The summed E-state index contributed by atoms with van der Waals surface area (Å²) < 4.78 is 0. The molecule has 2 atom stereocenters. The van der Waals surface area contributed by atoms with E-state index in [1.54, 1.807) is 13.8 Å². The van der Waals surface area contributed by atoms with Crippen LogP contribution in [0.4, 0.5) is 0 Å². The number of hydrogen-bond donors (Lipinski definition) is 4. The van der Waals surface area contributed by atoms with Gasteiger partial charge in [0.1, 0.15) is 16.6 Å². The molecule has 4 N–H and O–H groups in total. The van der Waals surface area contributed by atoms with Gasteiger partial charge in [0.05, 0.1) is 12.1 Å². The zero-order valence-corrected chi connectivity index (χ0v) is 30.1. The van der Waals surface area contributed by atoms with Crippen molar-refractivity contribution < 1.29 is 19.8 Å². The molecule has 0 aromatic heterocycles. The standard InChI is InChI=1S/C47H46N2O4/c1-45(2,43(50)48-41(33-35-21-9-3-10-22-35)46(52,37-25-13-5-14-26-37)38-27-15-6-16-28-38)44(51)49-42(34-36-23-11-4-12-24-36)47(53,39-29-17-7-18-30-39)40-31-19-8-20-32-40/h3-32,41-42,52-53H,33-34H2,1-2H3,(H,48,50)(H,49,51)/t41-,42-/m1/s1. The third-order valence-corrected chi connectivity index (χ3v) is 10.2. The van der Waals surface area contributed by atoms with E-state index in [1.807, 2.05) is 182 Å². The van der Waals surface area contributed by atoms with E-state index in [2.05, 4.69) is 10.6 Å². The van der Waals surface area contributed by atoms with Gasteiger partial charge in [-0.2, -0.15) is 0 Å². The SMILES string of the molecule is CC(C)(C(=O)N[C@H](Cc1ccccc1)C(O)(c1ccccc1)c1ccccc1)C(=O)N[C@H](Cc1ccccc1)C(O)(c1ccccc1)c1ccccc1. The van der Waals surface area contributed by atoms with E-state index in [-0.39, 0.29) is 12.8 Å². The number of carbonyl (C=O) groups is 2. The summed E-state index contributed by atoms with van der Waals surface area (Å²) in [4.78, 5) is 29.2. The zero-order valence-electron chi connectivity index (χ0n) is 30.1. The predicted octanol–water partition coefficient (Wildman–Crippen LogP) is 7.34. The fourth-order valence-corrected chi connectivity index (χ4v) is 6.99. The van der Waals surface area contributed by atoms with E-state index >= 15 is 0 Å². The molecule has 0 aliphatic rings. The first kappa shape index (κ1) is 37.0. The first-order valence-corrected chi connectivity index (χ1v) is 18.0. The molecule has 0 bridgehead atoms. The van der Waals surface area contributed by atoms with Crippen molar-refractivity contribution in [1.29, 1.82) is 0 Å². The van der Waals surface area contributed by atoms with Gasteiger partial charge in [0.15, 0.2) is 0 Å².